The molecule has 4 rings (SSSR count). The maximum absolute atomic E-state index is 12.8. The quantitative estimate of drug-likeness (QED) is 0.444. The zero-order valence-corrected chi connectivity index (χ0v) is 19.6. The van der Waals surface area contributed by atoms with Gasteiger partial charge in [0.2, 0.25) is 15.9 Å². The van der Waals surface area contributed by atoms with Crippen molar-refractivity contribution in [2.45, 2.75) is 31.1 Å². The molecule has 2 heterocycles. The lowest BCUT2D eigenvalue weighted by Gasteiger charge is -2.13. The van der Waals surface area contributed by atoms with E-state index in [1.807, 2.05) is 19.1 Å². The van der Waals surface area contributed by atoms with Gasteiger partial charge in [-0.15, -0.1) is 11.3 Å². The Bertz CT molecular complexity index is 1230. The summed E-state index contributed by atoms with van der Waals surface area (Å²) in [5, 5.41) is 4.25. The van der Waals surface area contributed by atoms with Gasteiger partial charge < -0.3 is 14.8 Å². The second kappa shape index (κ2) is 9.81. The number of nitrogens with one attached hydrogen (secondary N) is 2. The van der Waals surface area contributed by atoms with Gasteiger partial charge in [-0.1, -0.05) is 12.1 Å². The topological polar surface area (TPSA) is 132 Å². The first-order chi connectivity index (χ1) is 15.9. The number of aromatic nitrogens is 3. The summed E-state index contributed by atoms with van der Waals surface area (Å²) in [6.07, 6.45) is 3.50. The van der Waals surface area contributed by atoms with Gasteiger partial charge in [0.25, 0.3) is 5.91 Å². The summed E-state index contributed by atoms with van der Waals surface area (Å²) in [6, 6.07) is 7.10. The Labute approximate surface area is 195 Å². The number of thiazole rings is 1. The molecule has 0 bridgehead atoms. The second-order valence-corrected chi connectivity index (χ2v) is 10.1. The number of hydrogen-bond donors (Lipinski definition) is 2. The van der Waals surface area contributed by atoms with E-state index in [0.29, 0.717) is 42.4 Å². The van der Waals surface area contributed by atoms with Gasteiger partial charge in [0.1, 0.15) is 0 Å². The highest BCUT2D eigenvalue weighted by Crippen LogP contribution is 2.31. The number of sulfonamides is 1. The summed E-state index contributed by atoms with van der Waals surface area (Å²) in [7, 11) is -2.03. The lowest BCUT2D eigenvalue weighted by Crippen LogP contribution is -2.23. The van der Waals surface area contributed by atoms with Crippen LogP contribution in [0.2, 0.25) is 0 Å². The molecule has 0 radical (unpaired) electrons. The summed E-state index contributed by atoms with van der Waals surface area (Å²) >= 11 is 1.11. The average Bonchev–Trinajstić information content (AvgIpc) is 3.57. The van der Waals surface area contributed by atoms with Gasteiger partial charge in [-0.3, -0.25) is 14.5 Å². The number of benzene rings is 1. The van der Waals surface area contributed by atoms with E-state index in [9.17, 15) is 13.2 Å². The fraction of sp³-hybridized carbons (Fsp3) is 0.333. The van der Waals surface area contributed by atoms with Crippen molar-refractivity contribution in [3.63, 3.8) is 0 Å². The third-order valence-electron chi connectivity index (χ3n) is 4.81. The van der Waals surface area contributed by atoms with Gasteiger partial charge in [0.05, 0.1) is 35.6 Å². The van der Waals surface area contributed by atoms with Crippen LogP contribution in [-0.4, -0.2) is 48.2 Å². The average molecular weight is 490 g/mol. The van der Waals surface area contributed by atoms with Crippen molar-refractivity contribution in [3.8, 4) is 17.1 Å². The zero-order chi connectivity index (χ0) is 23.4. The van der Waals surface area contributed by atoms with Crippen molar-refractivity contribution >= 4 is 38.1 Å². The first kappa shape index (κ1) is 23.1. The van der Waals surface area contributed by atoms with E-state index in [4.69, 9.17) is 9.47 Å². The molecule has 2 aromatic heterocycles. The van der Waals surface area contributed by atoms with Crippen LogP contribution in [0.3, 0.4) is 0 Å². The number of hydrogen-bond acceptors (Lipinski definition) is 9. The molecule has 1 aliphatic rings. The zero-order valence-electron chi connectivity index (χ0n) is 18.0. The summed E-state index contributed by atoms with van der Waals surface area (Å²) in [5.74, 6) is 0.0163. The van der Waals surface area contributed by atoms with E-state index < -0.39 is 22.0 Å². The molecule has 1 amide bonds. The van der Waals surface area contributed by atoms with Gasteiger partial charge in [0, 0.05) is 23.7 Å². The van der Waals surface area contributed by atoms with Crippen LogP contribution in [-0.2, 0) is 19.6 Å². The largest absolute Gasteiger partial charge is 0.477 e. The maximum atomic E-state index is 12.8. The number of anilines is 2. The number of carbonyl (C=O) groups is 1. The molecule has 0 spiro atoms. The molecular weight excluding hydrogens is 466 g/mol. The molecule has 2 N–H and O–H groups in total. The lowest BCUT2D eigenvalue weighted by atomic mass is 10.1. The minimum absolute atomic E-state index is 0.214. The predicted octanol–water partition coefficient (Wildman–Crippen LogP) is 3.23. The standard InChI is InChI=1S/C21H23N5O5S2/c1-3-31-18-11-22-10-16(24-18)13-4-6-14(7-5-13)23-20(27)19(30-2)17-12-32-21(25-17)26-33(28,29)15-8-9-15/h4-7,10-12,15,19H,3,8-9H2,1-2H3,(H,23,27)(H,25,26)/t19-/m1/s1. The smallest absolute Gasteiger partial charge is 0.259 e. The number of rotatable bonds is 10. The highest BCUT2D eigenvalue weighted by Gasteiger charge is 2.36. The summed E-state index contributed by atoms with van der Waals surface area (Å²) in [5.41, 5.74) is 2.35. The van der Waals surface area contributed by atoms with E-state index in [2.05, 4.69) is 25.0 Å². The van der Waals surface area contributed by atoms with Crippen molar-refractivity contribution in [1.29, 1.82) is 0 Å². The van der Waals surface area contributed by atoms with Crippen molar-refractivity contribution in [2.24, 2.45) is 0 Å². The van der Waals surface area contributed by atoms with E-state index >= 15 is 0 Å². The molecule has 0 unspecified atom stereocenters. The number of ether oxygens (including phenoxy) is 2. The summed E-state index contributed by atoms with van der Waals surface area (Å²) in [4.78, 5) is 25.5. The van der Waals surface area contributed by atoms with Gasteiger partial charge in [-0.2, -0.15) is 0 Å². The molecule has 174 valence electrons. The van der Waals surface area contributed by atoms with Gasteiger partial charge in [0.15, 0.2) is 11.2 Å². The number of amides is 1. The highest BCUT2D eigenvalue weighted by atomic mass is 32.2. The van der Waals surface area contributed by atoms with Crippen LogP contribution in [0.15, 0.2) is 42.0 Å². The van der Waals surface area contributed by atoms with Gasteiger partial charge in [-0.25, -0.2) is 18.4 Å². The Balaban J connectivity index is 1.42. The summed E-state index contributed by atoms with van der Waals surface area (Å²) in [6.45, 7) is 2.37. The number of carbonyl (C=O) groups excluding carboxylic acids is 1. The Morgan fingerprint density at radius 3 is 2.64 bits per heavy atom. The molecule has 12 heteroatoms. The van der Waals surface area contributed by atoms with Crippen LogP contribution in [0.1, 0.15) is 31.6 Å². The van der Waals surface area contributed by atoms with Crippen LogP contribution < -0.4 is 14.8 Å². The molecule has 10 nitrogen and oxygen atoms in total. The van der Waals surface area contributed by atoms with Crippen molar-refractivity contribution < 1.29 is 22.7 Å². The van der Waals surface area contributed by atoms with Crippen LogP contribution in [0.5, 0.6) is 5.88 Å². The van der Waals surface area contributed by atoms with Gasteiger partial charge in [-0.05, 0) is 31.9 Å². The fourth-order valence-electron chi connectivity index (χ4n) is 3.04. The van der Waals surface area contributed by atoms with Crippen molar-refractivity contribution in [3.05, 3.63) is 47.7 Å². The Kier molecular flexibility index (Phi) is 6.86. The molecule has 1 saturated carbocycles. The van der Waals surface area contributed by atoms with Crippen molar-refractivity contribution in [1.82, 2.24) is 15.0 Å². The van der Waals surface area contributed by atoms with Crippen LogP contribution in [0.4, 0.5) is 10.8 Å². The van der Waals surface area contributed by atoms with Crippen LogP contribution in [0.25, 0.3) is 11.3 Å². The maximum Gasteiger partial charge on any atom is 0.259 e. The lowest BCUT2D eigenvalue weighted by molar-refractivity contribution is -0.126. The van der Waals surface area contributed by atoms with Crippen LogP contribution >= 0.6 is 11.3 Å². The third-order valence-corrected chi connectivity index (χ3v) is 7.54. The Hall–Kier alpha value is -3.09. The minimum atomic E-state index is -3.42. The normalized spacial score (nSPS) is 14.5. The molecule has 3 aromatic rings. The Morgan fingerprint density at radius 2 is 1.97 bits per heavy atom. The van der Waals surface area contributed by atoms with Gasteiger partial charge >= 0.3 is 0 Å². The summed E-state index contributed by atoms with van der Waals surface area (Å²) < 4.78 is 37.4. The first-order valence-corrected chi connectivity index (χ1v) is 12.7. The monoisotopic (exact) mass is 489 g/mol. The fourth-order valence-corrected chi connectivity index (χ4v) is 5.36. The van der Waals surface area contributed by atoms with Crippen molar-refractivity contribution in [2.75, 3.05) is 23.8 Å². The van der Waals surface area contributed by atoms with E-state index in [-0.39, 0.29) is 10.4 Å². The van der Waals surface area contributed by atoms with Crippen LogP contribution in [0, 0.1) is 0 Å². The molecule has 1 atom stereocenters. The predicted molar refractivity (Wildman–Crippen MR) is 125 cm³/mol. The number of methoxy groups -OCH3 is 1. The SMILES string of the molecule is CCOc1cncc(-c2ccc(NC(=O)[C@H](OC)c3csc(NS(=O)(=O)C4CC4)n3)cc2)n1. The van der Waals surface area contributed by atoms with E-state index in [1.165, 1.54) is 7.11 Å². The molecule has 1 aromatic carbocycles. The second-order valence-electron chi connectivity index (χ2n) is 7.28. The number of nitrogens with zero attached hydrogens (tertiary/aromatic N) is 3. The van der Waals surface area contributed by atoms with E-state index in [1.54, 1.807) is 29.9 Å². The Morgan fingerprint density at radius 1 is 1.21 bits per heavy atom. The molecule has 33 heavy (non-hydrogen) atoms. The van der Waals surface area contributed by atoms with E-state index in [0.717, 1.165) is 16.9 Å². The molecule has 1 fully saturated rings. The molecule has 0 aliphatic heterocycles. The highest BCUT2D eigenvalue weighted by molar-refractivity contribution is 7.93. The first-order valence-electron chi connectivity index (χ1n) is 10.3. The molecule has 1 aliphatic carbocycles. The third kappa shape index (κ3) is 5.64. The molecule has 0 saturated heterocycles. The minimum Gasteiger partial charge on any atom is -0.477 e. The molecular formula is C21H23N5O5S2.